The molecule has 3 rings (SSSR count). The van der Waals surface area contributed by atoms with E-state index in [2.05, 4.69) is 9.88 Å². The van der Waals surface area contributed by atoms with Gasteiger partial charge in [-0.05, 0) is 45.0 Å². The largest absolute Gasteiger partial charge is 0.490 e. The average molecular weight is 385 g/mol. The van der Waals surface area contributed by atoms with E-state index in [1.807, 2.05) is 40.0 Å². The van der Waals surface area contributed by atoms with Crippen molar-refractivity contribution in [3.05, 3.63) is 36.0 Å². The second-order valence-electron chi connectivity index (χ2n) is 6.33. The summed E-state index contributed by atoms with van der Waals surface area (Å²) in [5, 5.41) is 0. The van der Waals surface area contributed by atoms with Crippen LogP contribution >= 0.6 is 0 Å². The molecule has 28 heavy (non-hydrogen) atoms. The van der Waals surface area contributed by atoms with Crippen LogP contribution in [0.15, 0.2) is 30.5 Å². The van der Waals surface area contributed by atoms with Crippen LogP contribution in [0.3, 0.4) is 0 Å². The maximum absolute atomic E-state index is 13.4. The van der Waals surface area contributed by atoms with Crippen molar-refractivity contribution in [1.82, 2.24) is 4.98 Å². The monoisotopic (exact) mass is 385 g/mol. The van der Waals surface area contributed by atoms with Crippen LogP contribution in [-0.4, -0.2) is 50.8 Å². The van der Waals surface area contributed by atoms with Crippen LogP contribution in [0.4, 0.5) is 11.5 Å². The van der Waals surface area contributed by atoms with Gasteiger partial charge in [0.15, 0.2) is 17.3 Å². The molecule has 0 aliphatic carbocycles. The highest BCUT2D eigenvalue weighted by Crippen LogP contribution is 2.40. The number of amides is 1. The third kappa shape index (κ3) is 3.83. The van der Waals surface area contributed by atoms with Gasteiger partial charge >= 0.3 is 0 Å². The van der Waals surface area contributed by atoms with E-state index in [1.54, 1.807) is 23.2 Å². The molecule has 0 saturated carbocycles. The number of anilines is 2. The van der Waals surface area contributed by atoms with Crippen LogP contribution in [0.1, 0.15) is 31.1 Å². The van der Waals surface area contributed by atoms with Gasteiger partial charge < -0.3 is 24.0 Å². The van der Waals surface area contributed by atoms with Crippen LogP contribution in [-0.2, 0) is 0 Å². The number of aromatic nitrogens is 1. The zero-order valence-corrected chi connectivity index (χ0v) is 16.9. The molecule has 0 radical (unpaired) electrons. The number of rotatable bonds is 7. The summed E-state index contributed by atoms with van der Waals surface area (Å²) in [6, 6.07) is 7.21. The van der Waals surface area contributed by atoms with Crippen molar-refractivity contribution in [2.45, 2.75) is 20.8 Å². The van der Waals surface area contributed by atoms with E-state index in [9.17, 15) is 4.79 Å². The molecular weight excluding hydrogens is 358 g/mol. The molecule has 0 N–H and O–H groups in total. The van der Waals surface area contributed by atoms with Crippen molar-refractivity contribution in [2.24, 2.45) is 0 Å². The molecule has 7 nitrogen and oxygen atoms in total. The molecule has 1 aliphatic heterocycles. The Morgan fingerprint density at radius 1 is 1.04 bits per heavy atom. The van der Waals surface area contributed by atoms with Crippen molar-refractivity contribution in [2.75, 3.05) is 49.8 Å². The average Bonchev–Trinajstić information content (AvgIpc) is 2.70. The SMILES string of the molecule is CCOc1cc(C(=O)N2CCN(C)c3ncccc32)cc(OCC)c1OCC. The topological polar surface area (TPSA) is 64.1 Å². The molecule has 1 aromatic heterocycles. The number of pyridine rings is 1. The number of hydrogen-bond acceptors (Lipinski definition) is 6. The number of ether oxygens (including phenoxy) is 3. The fourth-order valence-corrected chi connectivity index (χ4v) is 3.25. The quantitative estimate of drug-likeness (QED) is 0.728. The van der Waals surface area contributed by atoms with Crippen molar-refractivity contribution in [3.8, 4) is 17.2 Å². The molecule has 0 fully saturated rings. The molecule has 0 unspecified atom stereocenters. The van der Waals surface area contributed by atoms with Crippen molar-refractivity contribution in [1.29, 1.82) is 0 Å². The number of carbonyl (C=O) groups is 1. The number of benzene rings is 1. The molecule has 0 saturated heterocycles. The first-order valence-corrected chi connectivity index (χ1v) is 9.65. The highest BCUT2D eigenvalue weighted by molar-refractivity contribution is 6.08. The predicted molar refractivity (Wildman–Crippen MR) is 109 cm³/mol. The van der Waals surface area contributed by atoms with E-state index in [4.69, 9.17) is 14.2 Å². The minimum absolute atomic E-state index is 0.118. The van der Waals surface area contributed by atoms with Gasteiger partial charge in [-0.1, -0.05) is 0 Å². The first-order chi connectivity index (χ1) is 13.6. The minimum Gasteiger partial charge on any atom is -0.490 e. The van der Waals surface area contributed by atoms with Crippen LogP contribution < -0.4 is 24.0 Å². The van der Waals surface area contributed by atoms with Crippen molar-refractivity contribution in [3.63, 3.8) is 0 Å². The summed E-state index contributed by atoms with van der Waals surface area (Å²) in [5.41, 5.74) is 1.29. The number of likely N-dealkylation sites (N-methyl/N-ethyl adjacent to an activating group) is 1. The van der Waals surface area contributed by atoms with Crippen LogP contribution in [0, 0.1) is 0 Å². The molecule has 1 amide bonds. The predicted octanol–water partition coefficient (Wildman–Crippen LogP) is 3.37. The molecule has 7 heteroatoms. The lowest BCUT2D eigenvalue weighted by molar-refractivity contribution is 0.0985. The fourth-order valence-electron chi connectivity index (χ4n) is 3.25. The van der Waals surface area contributed by atoms with E-state index in [0.717, 1.165) is 11.5 Å². The Balaban J connectivity index is 2.03. The summed E-state index contributed by atoms with van der Waals surface area (Å²) in [5.74, 6) is 2.23. The van der Waals surface area contributed by atoms with Gasteiger partial charge in [-0.25, -0.2) is 4.98 Å². The standard InChI is InChI=1S/C21H27N3O4/c1-5-26-17-13-15(14-18(27-6-2)19(17)28-7-3)21(25)24-12-11-23(4)20-16(24)9-8-10-22-20/h8-10,13-14H,5-7,11-12H2,1-4H3. The Kier molecular flexibility index (Phi) is 6.23. The van der Waals surface area contributed by atoms with Gasteiger partial charge in [0.2, 0.25) is 5.75 Å². The highest BCUT2D eigenvalue weighted by Gasteiger charge is 2.28. The van der Waals surface area contributed by atoms with E-state index < -0.39 is 0 Å². The fraction of sp³-hybridized carbons (Fsp3) is 0.429. The van der Waals surface area contributed by atoms with Gasteiger partial charge in [-0.3, -0.25) is 4.79 Å². The lowest BCUT2D eigenvalue weighted by atomic mass is 10.1. The first kappa shape index (κ1) is 19.8. The molecule has 0 bridgehead atoms. The number of carbonyl (C=O) groups excluding carboxylic acids is 1. The Morgan fingerprint density at radius 2 is 1.68 bits per heavy atom. The van der Waals surface area contributed by atoms with Gasteiger partial charge in [0, 0.05) is 31.9 Å². The highest BCUT2D eigenvalue weighted by atomic mass is 16.5. The Labute approximate surface area is 165 Å². The van der Waals surface area contributed by atoms with E-state index in [-0.39, 0.29) is 5.91 Å². The normalized spacial score (nSPS) is 13.1. The number of hydrogen-bond donors (Lipinski definition) is 0. The third-order valence-electron chi connectivity index (χ3n) is 4.48. The molecule has 2 aromatic rings. The Bertz CT molecular complexity index is 813. The summed E-state index contributed by atoms with van der Waals surface area (Å²) in [7, 11) is 1.98. The molecular formula is C21H27N3O4. The summed E-state index contributed by atoms with van der Waals surface area (Å²) < 4.78 is 17.2. The second kappa shape index (κ2) is 8.82. The molecule has 1 aliphatic rings. The third-order valence-corrected chi connectivity index (χ3v) is 4.48. The Morgan fingerprint density at radius 3 is 2.29 bits per heavy atom. The smallest absolute Gasteiger partial charge is 0.258 e. The van der Waals surface area contributed by atoms with Crippen LogP contribution in [0.25, 0.3) is 0 Å². The van der Waals surface area contributed by atoms with Crippen molar-refractivity contribution >= 4 is 17.4 Å². The molecule has 0 atom stereocenters. The summed E-state index contributed by atoms with van der Waals surface area (Å²) in [6.07, 6.45) is 1.74. The Hall–Kier alpha value is -2.96. The van der Waals surface area contributed by atoms with E-state index in [1.165, 1.54) is 0 Å². The second-order valence-corrected chi connectivity index (χ2v) is 6.33. The molecule has 0 spiro atoms. The van der Waals surface area contributed by atoms with Gasteiger partial charge in [-0.15, -0.1) is 0 Å². The van der Waals surface area contributed by atoms with Gasteiger partial charge in [0.25, 0.3) is 5.91 Å². The van der Waals surface area contributed by atoms with Gasteiger partial charge in [-0.2, -0.15) is 0 Å². The minimum atomic E-state index is -0.118. The molecule has 150 valence electrons. The lowest BCUT2D eigenvalue weighted by Gasteiger charge is -2.34. The number of fused-ring (bicyclic) bond motifs is 1. The zero-order chi connectivity index (χ0) is 20.1. The number of nitrogens with zero attached hydrogens (tertiary/aromatic N) is 3. The van der Waals surface area contributed by atoms with Crippen molar-refractivity contribution < 1.29 is 19.0 Å². The summed E-state index contributed by atoms with van der Waals surface area (Å²) in [4.78, 5) is 21.6. The first-order valence-electron chi connectivity index (χ1n) is 9.65. The van der Waals surface area contributed by atoms with E-state index in [0.29, 0.717) is 55.7 Å². The summed E-state index contributed by atoms with van der Waals surface area (Å²) >= 11 is 0. The van der Waals surface area contributed by atoms with Crippen LogP contribution in [0.2, 0.25) is 0 Å². The van der Waals surface area contributed by atoms with Gasteiger partial charge in [0.1, 0.15) is 0 Å². The summed E-state index contributed by atoms with van der Waals surface area (Å²) in [6.45, 7) is 8.39. The van der Waals surface area contributed by atoms with E-state index >= 15 is 0 Å². The van der Waals surface area contributed by atoms with Gasteiger partial charge in [0.05, 0.1) is 25.5 Å². The molecule has 1 aromatic carbocycles. The molecule has 2 heterocycles. The zero-order valence-electron chi connectivity index (χ0n) is 16.9. The van der Waals surface area contributed by atoms with Crippen LogP contribution in [0.5, 0.6) is 17.2 Å². The maximum atomic E-state index is 13.4. The maximum Gasteiger partial charge on any atom is 0.258 e. The lowest BCUT2D eigenvalue weighted by Crippen LogP contribution is -2.43.